The molecule has 0 aliphatic carbocycles. The van der Waals surface area contributed by atoms with Gasteiger partial charge < -0.3 is 5.32 Å². The molecule has 1 amide bonds. The Hall–Kier alpha value is -2.27. The average molecular weight is 341 g/mol. The van der Waals surface area contributed by atoms with Crippen LogP contribution >= 0.6 is 0 Å². The van der Waals surface area contributed by atoms with Gasteiger partial charge in [-0.1, -0.05) is 25.0 Å². The van der Waals surface area contributed by atoms with Crippen molar-refractivity contribution in [1.82, 2.24) is 15.2 Å². The fourth-order valence-electron chi connectivity index (χ4n) is 3.27. The van der Waals surface area contributed by atoms with E-state index in [9.17, 15) is 9.18 Å². The fourth-order valence-corrected chi connectivity index (χ4v) is 3.27. The van der Waals surface area contributed by atoms with Crippen molar-refractivity contribution in [3.8, 4) is 0 Å². The standard InChI is InChI=1S/C20H24FN3O/c21-18-7-5-16(6-8-18)20(17-9-11-22-12-10-17)23-19(25)15-24-13-3-1-2-4-14-24/h5-12,20H,1-4,13-15H2,(H,23,25). The summed E-state index contributed by atoms with van der Waals surface area (Å²) in [5.41, 5.74) is 1.79. The fraction of sp³-hybridized carbons (Fsp3) is 0.400. The first kappa shape index (κ1) is 17.5. The van der Waals surface area contributed by atoms with Crippen molar-refractivity contribution in [2.24, 2.45) is 0 Å². The largest absolute Gasteiger partial charge is 0.344 e. The molecule has 2 heterocycles. The predicted molar refractivity (Wildman–Crippen MR) is 95.5 cm³/mol. The SMILES string of the molecule is O=C(CN1CCCCCC1)NC(c1ccncc1)c1ccc(F)cc1. The lowest BCUT2D eigenvalue weighted by Gasteiger charge is -2.23. The maximum Gasteiger partial charge on any atom is 0.234 e. The lowest BCUT2D eigenvalue weighted by Crippen LogP contribution is -2.39. The van der Waals surface area contributed by atoms with Crippen LogP contribution in [0, 0.1) is 5.82 Å². The summed E-state index contributed by atoms with van der Waals surface area (Å²) < 4.78 is 13.3. The molecule has 1 aromatic carbocycles. The van der Waals surface area contributed by atoms with Crippen molar-refractivity contribution in [1.29, 1.82) is 0 Å². The number of halogens is 1. The molecule has 1 aromatic heterocycles. The van der Waals surface area contributed by atoms with E-state index in [1.807, 2.05) is 12.1 Å². The maximum atomic E-state index is 13.3. The van der Waals surface area contributed by atoms with Crippen molar-refractivity contribution in [2.75, 3.05) is 19.6 Å². The molecule has 0 radical (unpaired) electrons. The Morgan fingerprint density at radius 3 is 2.24 bits per heavy atom. The minimum Gasteiger partial charge on any atom is -0.344 e. The first-order valence-electron chi connectivity index (χ1n) is 8.89. The van der Waals surface area contributed by atoms with E-state index in [1.165, 1.54) is 25.0 Å². The number of pyridine rings is 1. The van der Waals surface area contributed by atoms with Crippen LogP contribution in [0.4, 0.5) is 4.39 Å². The van der Waals surface area contributed by atoms with Crippen molar-refractivity contribution < 1.29 is 9.18 Å². The quantitative estimate of drug-likeness (QED) is 0.907. The molecule has 1 atom stereocenters. The lowest BCUT2D eigenvalue weighted by atomic mass is 9.99. The monoisotopic (exact) mass is 341 g/mol. The molecular formula is C20H24FN3O. The van der Waals surface area contributed by atoms with E-state index < -0.39 is 0 Å². The third-order valence-corrected chi connectivity index (χ3v) is 4.61. The van der Waals surface area contributed by atoms with Crippen LogP contribution in [0.3, 0.4) is 0 Å². The maximum absolute atomic E-state index is 13.3. The van der Waals surface area contributed by atoms with Crippen molar-refractivity contribution in [2.45, 2.75) is 31.7 Å². The van der Waals surface area contributed by atoms with Gasteiger partial charge in [-0.15, -0.1) is 0 Å². The Bertz CT molecular complexity index is 667. The molecule has 0 bridgehead atoms. The number of aromatic nitrogens is 1. The number of rotatable bonds is 5. The van der Waals surface area contributed by atoms with Crippen molar-refractivity contribution in [3.63, 3.8) is 0 Å². The Kier molecular flexibility index (Phi) is 6.12. The van der Waals surface area contributed by atoms with E-state index in [2.05, 4.69) is 15.2 Å². The molecule has 0 spiro atoms. The summed E-state index contributed by atoms with van der Waals surface area (Å²) in [6, 6.07) is 9.72. The van der Waals surface area contributed by atoms with Gasteiger partial charge >= 0.3 is 0 Å². The van der Waals surface area contributed by atoms with Crippen LogP contribution < -0.4 is 5.32 Å². The summed E-state index contributed by atoms with van der Waals surface area (Å²) in [7, 11) is 0. The summed E-state index contributed by atoms with van der Waals surface area (Å²) in [4.78, 5) is 18.9. The molecule has 0 saturated carbocycles. The number of carbonyl (C=O) groups is 1. The van der Waals surface area contributed by atoms with Gasteiger partial charge in [-0.25, -0.2) is 4.39 Å². The molecule has 25 heavy (non-hydrogen) atoms. The number of nitrogens with zero attached hydrogens (tertiary/aromatic N) is 2. The van der Waals surface area contributed by atoms with Crippen LogP contribution in [0.5, 0.6) is 0 Å². The van der Waals surface area contributed by atoms with E-state index in [0.29, 0.717) is 6.54 Å². The molecule has 2 aromatic rings. The van der Waals surface area contributed by atoms with E-state index in [1.54, 1.807) is 24.5 Å². The normalized spacial score (nSPS) is 16.8. The van der Waals surface area contributed by atoms with Crippen LogP contribution in [-0.2, 0) is 4.79 Å². The van der Waals surface area contributed by atoms with Crippen LogP contribution in [0.1, 0.15) is 42.9 Å². The number of amides is 1. The zero-order valence-corrected chi connectivity index (χ0v) is 14.3. The summed E-state index contributed by atoms with van der Waals surface area (Å²) >= 11 is 0. The van der Waals surface area contributed by atoms with Gasteiger partial charge in [0.15, 0.2) is 0 Å². The third kappa shape index (κ3) is 5.10. The molecule has 132 valence electrons. The van der Waals surface area contributed by atoms with Gasteiger partial charge in [0.2, 0.25) is 5.91 Å². The zero-order valence-electron chi connectivity index (χ0n) is 14.3. The van der Waals surface area contributed by atoms with E-state index >= 15 is 0 Å². The van der Waals surface area contributed by atoms with Gasteiger partial charge in [0.25, 0.3) is 0 Å². The van der Waals surface area contributed by atoms with Crippen molar-refractivity contribution in [3.05, 3.63) is 65.7 Å². The van der Waals surface area contributed by atoms with E-state index in [0.717, 1.165) is 37.1 Å². The van der Waals surface area contributed by atoms with Crippen molar-refractivity contribution >= 4 is 5.91 Å². The molecule has 1 aliphatic heterocycles. The third-order valence-electron chi connectivity index (χ3n) is 4.61. The van der Waals surface area contributed by atoms with E-state index in [-0.39, 0.29) is 17.8 Å². The predicted octanol–water partition coefficient (Wildman–Crippen LogP) is 3.30. The topological polar surface area (TPSA) is 45.2 Å². The van der Waals surface area contributed by atoms with Gasteiger partial charge in [0.1, 0.15) is 5.82 Å². The number of nitrogens with one attached hydrogen (secondary N) is 1. The van der Waals surface area contributed by atoms with Crippen LogP contribution in [0.25, 0.3) is 0 Å². The molecule has 1 unspecified atom stereocenters. The summed E-state index contributed by atoms with van der Waals surface area (Å²) in [5.74, 6) is -0.291. The second-order valence-electron chi connectivity index (χ2n) is 6.52. The number of carbonyl (C=O) groups excluding carboxylic acids is 1. The van der Waals surface area contributed by atoms with Crippen LogP contribution in [0.15, 0.2) is 48.8 Å². The van der Waals surface area contributed by atoms with Gasteiger partial charge in [-0.2, -0.15) is 0 Å². The van der Waals surface area contributed by atoms with Crippen LogP contribution in [-0.4, -0.2) is 35.4 Å². The zero-order chi connectivity index (χ0) is 17.5. The first-order chi connectivity index (χ1) is 12.2. The highest BCUT2D eigenvalue weighted by Gasteiger charge is 2.19. The average Bonchev–Trinajstić information content (AvgIpc) is 2.90. The Labute approximate surface area is 148 Å². The number of hydrogen-bond acceptors (Lipinski definition) is 3. The molecule has 1 saturated heterocycles. The molecule has 3 rings (SSSR count). The van der Waals surface area contributed by atoms with Gasteiger partial charge in [-0.05, 0) is 61.3 Å². The lowest BCUT2D eigenvalue weighted by molar-refractivity contribution is -0.122. The highest BCUT2D eigenvalue weighted by molar-refractivity contribution is 5.79. The Balaban J connectivity index is 1.73. The molecule has 1 fully saturated rings. The summed E-state index contributed by atoms with van der Waals surface area (Å²) in [5, 5.41) is 3.11. The highest BCUT2D eigenvalue weighted by Crippen LogP contribution is 2.22. The minimum absolute atomic E-state index is 0.00645. The smallest absolute Gasteiger partial charge is 0.234 e. The van der Waals surface area contributed by atoms with E-state index in [4.69, 9.17) is 0 Å². The summed E-state index contributed by atoms with van der Waals surface area (Å²) in [6.07, 6.45) is 8.19. The molecule has 4 nitrogen and oxygen atoms in total. The van der Waals surface area contributed by atoms with Gasteiger partial charge in [0.05, 0.1) is 12.6 Å². The Morgan fingerprint density at radius 2 is 1.60 bits per heavy atom. The Morgan fingerprint density at radius 1 is 1.00 bits per heavy atom. The number of hydrogen-bond donors (Lipinski definition) is 1. The number of benzene rings is 1. The highest BCUT2D eigenvalue weighted by atomic mass is 19.1. The minimum atomic E-state index is -0.303. The molecule has 5 heteroatoms. The molecular weight excluding hydrogens is 317 g/mol. The summed E-state index contributed by atoms with van der Waals surface area (Å²) in [6.45, 7) is 2.36. The van der Waals surface area contributed by atoms with Gasteiger partial charge in [-0.3, -0.25) is 14.7 Å². The second kappa shape index (κ2) is 8.72. The molecule has 1 N–H and O–H groups in total. The van der Waals surface area contributed by atoms with Gasteiger partial charge in [0, 0.05) is 12.4 Å². The first-order valence-corrected chi connectivity index (χ1v) is 8.89. The van der Waals surface area contributed by atoms with Crippen LogP contribution in [0.2, 0.25) is 0 Å². The molecule has 1 aliphatic rings. The second-order valence-corrected chi connectivity index (χ2v) is 6.52. The number of likely N-dealkylation sites (tertiary alicyclic amines) is 1.